The van der Waals surface area contributed by atoms with E-state index in [1.54, 1.807) is 12.1 Å². The number of hydrogen-bond donors (Lipinski definition) is 1. The van der Waals surface area contributed by atoms with Gasteiger partial charge in [0.05, 0.1) is 3.74 Å². The summed E-state index contributed by atoms with van der Waals surface area (Å²) >= 11 is 7.35. The minimum Gasteiger partial charge on any atom is -0.508 e. The van der Waals surface area contributed by atoms with Crippen LogP contribution >= 0.6 is 31.9 Å². The molecule has 0 heterocycles. The molecule has 0 fully saturated rings. The van der Waals surface area contributed by atoms with Crippen molar-refractivity contribution < 1.29 is 5.11 Å². The molecule has 0 aromatic heterocycles. The third-order valence-electron chi connectivity index (χ3n) is 4.90. The second kappa shape index (κ2) is 7.90. The lowest BCUT2D eigenvalue weighted by atomic mass is 9.92. The molecule has 0 saturated heterocycles. The Morgan fingerprint density at radius 2 is 1.67 bits per heavy atom. The molecule has 0 atom stereocenters. The molecule has 0 spiro atoms. The summed E-state index contributed by atoms with van der Waals surface area (Å²) in [5, 5.41) is 9.74. The standard InChI is InChI=1S/C24H18Br2O/c25-24(26)23-10-4-9-20-21(13-11-16-5-3-7-18(27)15-16)19-8-2-1-6-17(19)12-14-22(20)23/h1-11,15,24,27H,12,14H2. The summed E-state index contributed by atoms with van der Waals surface area (Å²) in [5.74, 6) is 0.265. The summed E-state index contributed by atoms with van der Waals surface area (Å²) in [7, 11) is 0. The second-order valence-electron chi connectivity index (χ2n) is 6.59. The quantitative estimate of drug-likeness (QED) is 0.308. The molecule has 1 N–H and O–H groups in total. The molecule has 0 bridgehead atoms. The molecule has 3 aromatic rings. The molecular weight excluding hydrogens is 464 g/mol. The highest BCUT2D eigenvalue weighted by Gasteiger charge is 2.21. The normalized spacial score (nSPS) is 12.8. The summed E-state index contributed by atoms with van der Waals surface area (Å²) in [6, 6.07) is 22.3. The van der Waals surface area contributed by atoms with Crippen molar-refractivity contribution in [2.45, 2.75) is 16.6 Å². The fraction of sp³-hybridized carbons (Fsp3) is 0.125. The Kier molecular flexibility index (Phi) is 5.36. The van der Waals surface area contributed by atoms with E-state index in [2.05, 4.69) is 80.1 Å². The average molecular weight is 482 g/mol. The molecule has 134 valence electrons. The maximum absolute atomic E-state index is 9.74. The van der Waals surface area contributed by atoms with Gasteiger partial charge in [0.1, 0.15) is 5.75 Å². The first kappa shape index (κ1) is 18.3. The number of phenolic OH excluding ortho intramolecular Hbond substituents is 1. The van der Waals surface area contributed by atoms with Crippen LogP contribution in [0.1, 0.15) is 37.1 Å². The first-order chi connectivity index (χ1) is 13.1. The van der Waals surface area contributed by atoms with Crippen molar-refractivity contribution in [3.8, 4) is 5.75 Å². The SMILES string of the molecule is Oc1cccc(C=C=C2c3ccccc3CCc3c2cccc3C(Br)Br)c1. The minimum atomic E-state index is 0.123. The Morgan fingerprint density at radius 1 is 0.889 bits per heavy atom. The van der Waals surface area contributed by atoms with E-state index in [0.29, 0.717) is 0 Å². The van der Waals surface area contributed by atoms with E-state index in [9.17, 15) is 5.11 Å². The number of rotatable bonds is 2. The van der Waals surface area contributed by atoms with Gasteiger partial charge in [-0.15, -0.1) is 5.73 Å². The van der Waals surface area contributed by atoms with Gasteiger partial charge >= 0.3 is 0 Å². The van der Waals surface area contributed by atoms with Gasteiger partial charge in [-0.3, -0.25) is 0 Å². The summed E-state index contributed by atoms with van der Waals surface area (Å²) < 4.78 is 0.123. The lowest BCUT2D eigenvalue weighted by Gasteiger charge is -2.14. The van der Waals surface area contributed by atoms with Crippen LogP contribution in [0.3, 0.4) is 0 Å². The maximum atomic E-state index is 9.74. The molecular formula is C24H18Br2O. The van der Waals surface area contributed by atoms with Crippen LogP contribution in [0.4, 0.5) is 0 Å². The molecule has 0 unspecified atom stereocenters. The van der Waals surface area contributed by atoms with E-state index in [1.165, 1.54) is 27.8 Å². The molecule has 0 amide bonds. The number of phenols is 1. The summed E-state index contributed by atoms with van der Waals surface area (Å²) in [6.45, 7) is 0. The highest BCUT2D eigenvalue weighted by molar-refractivity contribution is 9.24. The monoisotopic (exact) mass is 480 g/mol. The lowest BCUT2D eigenvalue weighted by molar-refractivity contribution is 0.475. The van der Waals surface area contributed by atoms with Gasteiger partial charge in [-0.1, -0.05) is 86.5 Å². The Balaban J connectivity index is 1.97. The lowest BCUT2D eigenvalue weighted by Crippen LogP contribution is -1.98. The minimum absolute atomic E-state index is 0.123. The number of aryl methyl sites for hydroxylation is 1. The topological polar surface area (TPSA) is 20.2 Å². The number of fused-ring (bicyclic) bond motifs is 2. The van der Waals surface area contributed by atoms with Gasteiger partial charge in [-0.25, -0.2) is 0 Å². The number of halogens is 2. The van der Waals surface area contributed by atoms with Crippen molar-refractivity contribution in [1.29, 1.82) is 0 Å². The third-order valence-corrected chi connectivity index (χ3v) is 5.89. The fourth-order valence-electron chi connectivity index (χ4n) is 3.63. The van der Waals surface area contributed by atoms with E-state index in [4.69, 9.17) is 0 Å². The highest BCUT2D eigenvalue weighted by atomic mass is 79.9. The van der Waals surface area contributed by atoms with Crippen LogP contribution in [-0.4, -0.2) is 5.11 Å². The van der Waals surface area contributed by atoms with Crippen molar-refractivity contribution in [2.24, 2.45) is 0 Å². The predicted octanol–water partition coefficient (Wildman–Crippen LogP) is 7.02. The van der Waals surface area contributed by atoms with Crippen molar-refractivity contribution >= 4 is 43.5 Å². The van der Waals surface area contributed by atoms with Gasteiger partial charge in [-0.2, -0.15) is 0 Å². The van der Waals surface area contributed by atoms with Crippen LogP contribution in [0.5, 0.6) is 5.75 Å². The van der Waals surface area contributed by atoms with Crippen LogP contribution in [0.25, 0.3) is 11.6 Å². The Bertz CT molecular complexity index is 1060. The molecule has 1 nitrogen and oxygen atoms in total. The molecule has 27 heavy (non-hydrogen) atoms. The highest BCUT2D eigenvalue weighted by Crippen LogP contribution is 2.39. The van der Waals surface area contributed by atoms with Crippen molar-refractivity contribution in [1.82, 2.24) is 0 Å². The van der Waals surface area contributed by atoms with Crippen LogP contribution in [0.2, 0.25) is 0 Å². The van der Waals surface area contributed by atoms with Crippen molar-refractivity contribution in [2.75, 3.05) is 0 Å². The average Bonchev–Trinajstić information content (AvgIpc) is 2.83. The second-order valence-corrected chi connectivity index (χ2v) is 9.65. The summed E-state index contributed by atoms with van der Waals surface area (Å²) in [5.41, 5.74) is 12.0. The van der Waals surface area contributed by atoms with Crippen LogP contribution in [0.15, 0.2) is 72.5 Å². The van der Waals surface area contributed by atoms with E-state index in [1.807, 2.05) is 18.2 Å². The smallest absolute Gasteiger partial charge is 0.116 e. The first-order valence-corrected chi connectivity index (χ1v) is 10.7. The zero-order valence-electron chi connectivity index (χ0n) is 14.6. The molecule has 4 rings (SSSR count). The van der Waals surface area contributed by atoms with Crippen LogP contribution in [-0.2, 0) is 12.8 Å². The molecule has 0 radical (unpaired) electrons. The van der Waals surface area contributed by atoms with Gasteiger partial charge in [0, 0.05) is 5.57 Å². The van der Waals surface area contributed by atoms with E-state index in [-0.39, 0.29) is 9.49 Å². The van der Waals surface area contributed by atoms with E-state index < -0.39 is 0 Å². The molecule has 0 aliphatic heterocycles. The number of aromatic hydroxyl groups is 1. The zero-order valence-corrected chi connectivity index (χ0v) is 17.8. The maximum Gasteiger partial charge on any atom is 0.116 e. The molecule has 3 heteroatoms. The fourth-order valence-corrected chi connectivity index (χ4v) is 4.49. The van der Waals surface area contributed by atoms with E-state index in [0.717, 1.165) is 24.0 Å². The van der Waals surface area contributed by atoms with Gasteiger partial charge in [0.15, 0.2) is 0 Å². The number of benzene rings is 3. The largest absolute Gasteiger partial charge is 0.508 e. The van der Waals surface area contributed by atoms with Gasteiger partial charge in [-0.05, 0) is 64.4 Å². The van der Waals surface area contributed by atoms with Crippen molar-refractivity contribution in [3.05, 3.63) is 106 Å². The summed E-state index contributed by atoms with van der Waals surface area (Å²) in [6.07, 6.45) is 3.95. The van der Waals surface area contributed by atoms with Gasteiger partial charge in [0.2, 0.25) is 0 Å². The molecule has 1 aliphatic rings. The predicted molar refractivity (Wildman–Crippen MR) is 119 cm³/mol. The Labute approximate surface area is 176 Å². The van der Waals surface area contributed by atoms with Crippen LogP contribution < -0.4 is 0 Å². The van der Waals surface area contributed by atoms with Crippen LogP contribution in [0, 0.1) is 0 Å². The molecule has 1 aliphatic carbocycles. The Morgan fingerprint density at radius 3 is 2.48 bits per heavy atom. The van der Waals surface area contributed by atoms with Gasteiger partial charge < -0.3 is 5.11 Å². The Hall–Kier alpha value is -2.06. The number of alkyl halides is 2. The zero-order chi connectivity index (χ0) is 18.8. The summed E-state index contributed by atoms with van der Waals surface area (Å²) in [4.78, 5) is 0. The van der Waals surface area contributed by atoms with Gasteiger partial charge in [0.25, 0.3) is 0 Å². The molecule has 0 saturated carbocycles. The first-order valence-electron chi connectivity index (χ1n) is 8.88. The molecule has 3 aromatic carbocycles. The van der Waals surface area contributed by atoms with E-state index >= 15 is 0 Å². The number of hydrogen-bond acceptors (Lipinski definition) is 1. The third kappa shape index (κ3) is 3.82. The van der Waals surface area contributed by atoms with Crippen molar-refractivity contribution in [3.63, 3.8) is 0 Å².